The van der Waals surface area contributed by atoms with Crippen molar-refractivity contribution in [3.63, 3.8) is 0 Å². The lowest BCUT2D eigenvalue weighted by molar-refractivity contribution is -0.163. The minimum absolute atomic E-state index is 0.288. The quantitative estimate of drug-likeness (QED) is 0.593. The average Bonchev–Trinajstić information content (AvgIpc) is 3.30. The minimum atomic E-state index is -1.04. The van der Waals surface area contributed by atoms with E-state index >= 15 is 0 Å². The van der Waals surface area contributed by atoms with E-state index in [1.165, 1.54) is 25.0 Å². The van der Waals surface area contributed by atoms with Gasteiger partial charge in [-0.1, -0.05) is 18.9 Å². The Morgan fingerprint density at radius 3 is 2.30 bits per heavy atom. The number of nitrogens with zero attached hydrogens (tertiary/aromatic N) is 1. The minimum Gasteiger partial charge on any atom is -0.451 e. The smallest absolute Gasteiger partial charge is 0.329 e. The van der Waals surface area contributed by atoms with E-state index in [1.807, 2.05) is 18.2 Å². The molecule has 2 fully saturated rings. The Hall–Kier alpha value is -2.70. The number of ether oxygens (including phenoxy) is 1. The van der Waals surface area contributed by atoms with Crippen molar-refractivity contribution >= 4 is 29.4 Å². The first-order valence-electron chi connectivity index (χ1n) is 10.9. The summed E-state index contributed by atoms with van der Waals surface area (Å²) >= 11 is 0. The summed E-state index contributed by atoms with van der Waals surface area (Å²) in [6.07, 6.45) is 5.36. The van der Waals surface area contributed by atoms with Crippen LogP contribution >= 0.6 is 0 Å². The number of rotatable bonds is 5. The molecular formula is C23H28N2O5. The normalized spacial score (nSPS) is 24.8. The number of fused-ring (bicyclic) bond motifs is 2. The van der Waals surface area contributed by atoms with Crippen molar-refractivity contribution < 1.29 is 23.9 Å². The molecule has 0 unspecified atom stereocenters. The van der Waals surface area contributed by atoms with Crippen LogP contribution in [0, 0.1) is 11.8 Å². The van der Waals surface area contributed by atoms with E-state index in [1.54, 1.807) is 0 Å². The predicted molar refractivity (Wildman–Crippen MR) is 109 cm³/mol. The molecule has 3 aliphatic rings. The lowest BCUT2D eigenvalue weighted by Gasteiger charge is -2.23. The Balaban J connectivity index is 1.36. The fourth-order valence-corrected chi connectivity index (χ4v) is 4.89. The van der Waals surface area contributed by atoms with Crippen LogP contribution < -0.4 is 5.32 Å². The van der Waals surface area contributed by atoms with Crippen molar-refractivity contribution in [3.05, 3.63) is 29.3 Å². The van der Waals surface area contributed by atoms with E-state index in [0.717, 1.165) is 37.0 Å². The standard InChI is InChI=1S/C23H28N2O5/c1-13(25-21(27)18-8-3-4-9-19(18)22(25)28)23(29)30-14(2)20(26)24-17-11-10-15-6-5-7-16(15)12-17/h10-14,18-19H,3-9H2,1-2H3,(H,24,26)/t13-,14-,18-,19-/m0/s1. The third-order valence-corrected chi connectivity index (χ3v) is 6.63. The molecular weight excluding hydrogens is 384 g/mol. The molecule has 1 aromatic rings. The van der Waals surface area contributed by atoms with Crippen LogP contribution in [0.25, 0.3) is 0 Å². The van der Waals surface area contributed by atoms with Gasteiger partial charge in [-0.3, -0.25) is 19.3 Å². The molecule has 0 bridgehead atoms. The first-order valence-corrected chi connectivity index (χ1v) is 10.9. The van der Waals surface area contributed by atoms with E-state index < -0.39 is 24.0 Å². The summed E-state index contributed by atoms with van der Waals surface area (Å²) in [5.41, 5.74) is 3.21. The second kappa shape index (κ2) is 8.20. The number of amides is 3. The van der Waals surface area contributed by atoms with Crippen LogP contribution in [0.5, 0.6) is 0 Å². The summed E-state index contributed by atoms with van der Waals surface area (Å²) in [7, 11) is 0. The van der Waals surface area contributed by atoms with Gasteiger partial charge in [-0.05, 0) is 69.2 Å². The molecule has 0 spiro atoms. The molecule has 1 saturated heterocycles. The second-order valence-corrected chi connectivity index (χ2v) is 8.63. The summed E-state index contributed by atoms with van der Waals surface area (Å²) in [5.74, 6) is -2.40. The molecule has 2 aliphatic carbocycles. The van der Waals surface area contributed by atoms with Gasteiger partial charge in [0.2, 0.25) is 11.8 Å². The molecule has 1 N–H and O–H groups in total. The number of imide groups is 1. The average molecular weight is 412 g/mol. The third-order valence-electron chi connectivity index (χ3n) is 6.63. The topological polar surface area (TPSA) is 92.8 Å². The molecule has 4 rings (SSSR count). The lowest BCUT2D eigenvalue weighted by Crippen LogP contribution is -2.46. The zero-order chi connectivity index (χ0) is 21.4. The zero-order valence-corrected chi connectivity index (χ0v) is 17.5. The largest absolute Gasteiger partial charge is 0.451 e. The maximum Gasteiger partial charge on any atom is 0.329 e. The fraction of sp³-hybridized carbons (Fsp3) is 0.565. The molecule has 0 aromatic heterocycles. The van der Waals surface area contributed by atoms with Crippen LogP contribution in [0.4, 0.5) is 5.69 Å². The number of hydrogen-bond acceptors (Lipinski definition) is 5. The maximum atomic E-state index is 12.7. The molecule has 7 heteroatoms. The fourth-order valence-electron chi connectivity index (χ4n) is 4.89. The lowest BCUT2D eigenvalue weighted by atomic mass is 9.81. The van der Waals surface area contributed by atoms with Crippen LogP contribution in [0.15, 0.2) is 18.2 Å². The molecule has 1 aromatic carbocycles. The Labute approximate surface area is 176 Å². The highest BCUT2D eigenvalue weighted by molar-refractivity contribution is 6.08. The van der Waals surface area contributed by atoms with Gasteiger partial charge in [0.25, 0.3) is 5.91 Å². The van der Waals surface area contributed by atoms with Gasteiger partial charge in [0.15, 0.2) is 6.10 Å². The van der Waals surface area contributed by atoms with Crippen LogP contribution in [-0.4, -0.2) is 40.7 Å². The Morgan fingerprint density at radius 1 is 1.00 bits per heavy atom. The van der Waals surface area contributed by atoms with Gasteiger partial charge in [-0.25, -0.2) is 4.79 Å². The number of nitrogens with one attached hydrogen (secondary N) is 1. The third kappa shape index (κ3) is 3.73. The summed E-state index contributed by atoms with van der Waals surface area (Å²) in [6.45, 7) is 2.97. The molecule has 3 amide bonds. The van der Waals surface area contributed by atoms with Crippen LogP contribution in [-0.2, 0) is 36.8 Å². The second-order valence-electron chi connectivity index (χ2n) is 8.63. The van der Waals surface area contributed by atoms with Crippen LogP contribution in [0.1, 0.15) is 57.1 Å². The number of hydrogen-bond donors (Lipinski definition) is 1. The van der Waals surface area contributed by atoms with Gasteiger partial charge in [-0.2, -0.15) is 0 Å². The molecule has 1 aliphatic heterocycles. The van der Waals surface area contributed by atoms with Crippen molar-refractivity contribution in [3.8, 4) is 0 Å². The number of aryl methyl sites for hydroxylation is 2. The Kier molecular flexibility index (Phi) is 5.62. The molecule has 160 valence electrons. The Morgan fingerprint density at radius 2 is 1.63 bits per heavy atom. The number of anilines is 1. The van der Waals surface area contributed by atoms with E-state index in [-0.39, 0.29) is 23.7 Å². The number of benzene rings is 1. The monoisotopic (exact) mass is 412 g/mol. The number of carbonyl (C=O) groups is 4. The van der Waals surface area contributed by atoms with Gasteiger partial charge in [0.1, 0.15) is 6.04 Å². The van der Waals surface area contributed by atoms with Crippen molar-refractivity contribution in [2.24, 2.45) is 11.8 Å². The molecule has 1 heterocycles. The van der Waals surface area contributed by atoms with Crippen molar-refractivity contribution in [1.29, 1.82) is 0 Å². The van der Waals surface area contributed by atoms with E-state index in [4.69, 9.17) is 4.74 Å². The zero-order valence-electron chi connectivity index (χ0n) is 17.5. The Bertz CT molecular complexity index is 872. The highest BCUT2D eigenvalue weighted by Crippen LogP contribution is 2.39. The van der Waals surface area contributed by atoms with E-state index in [9.17, 15) is 19.2 Å². The summed E-state index contributed by atoms with van der Waals surface area (Å²) in [4.78, 5) is 51.5. The van der Waals surface area contributed by atoms with E-state index in [0.29, 0.717) is 18.5 Å². The predicted octanol–water partition coefficient (Wildman–Crippen LogP) is 2.61. The molecule has 1 saturated carbocycles. The molecule has 7 nitrogen and oxygen atoms in total. The summed E-state index contributed by atoms with van der Waals surface area (Å²) < 4.78 is 5.30. The van der Waals surface area contributed by atoms with E-state index in [2.05, 4.69) is 5.32 Å². The maximum absolute atomic E-state index is 12.7. The van der Waals surface area contributed by atoms with Crippen molar-refractivity contribution in [2.45, 2.75) is 70.9 Å². The van der Waals surface area contributed by atoms with Gasteiger partial charge in [0.05, 0.1) is 11.8 Å². The van der Waals surface area contributed by atoms with Crippen LogP contribution in [0.2, 0.25) is 0 Å². The van der Waals surface area contributed by atoms with Gasteiger partial charge in [-0.15, -0.1) is 0 Å². The van der Waals surface area contributed by atoms with Crippen molar-refractivity contribution in [2.75, 3.05) is 5.32 Å². The highest BCUT2D eigenvalue weighted by atomic mass is 16.5. The summed E-state index contributed by atoms with van der Waals surface area (Å²) in [6, 6.07) is 4.79. The van der Waals surface area contributed by atoms with Gasteiger partial charge < -0.3 is 10.1 Å². The first kappa shape index (κ1) is 20.6. The SMILES string of the molecule is C[C@H](OC(=O)[C@H](C)N1C(=O)[C@H]2CCCC[C@@H]2C1=O)C(=O)Nc1ccc2c(c1)CCC2. The molecule has 0 radical (unpaired) electrons. The number of esters is 1. The molecule has 4 atom stereocenters. The van der Waals surface area contributed by atoms with Crippen molar-refractivity contribution in [1.82, 2.24) is 4.90 Å². The number of likely N-dealkylation sites (tertiary alicyclic amines) is 1. The van der Waals surface area contributed by atoms with Crippen LogP contribution in [0.3, 0.4) is 0 Å². The summed E-state index contributed by atoms with van der Waals surface area (Å²) in [5, 5.41) is 2.78. The highest BCUT2D eigenvalue weighted by Gasteiger charge is 2.51. The van der Waals surface area contributed by atoms with Gasteiger partial charge >= 0.3 is 5.97 Å². The number of carbonyl (C=O) groups excluding carboxylic acids is 4. The van der Waals surface area contributed by atoms with Gasteiger partial charge in [0, 0.05) is 5.69 Å². The first-order chi connectivity index (χ1) is 14.4. The molecule has 30 heavy (non-hydrogen) atoms.